The van der Waals surface area contributed by atoms with E-state index in [1.165, 1.54) is 0 Å². The molecule has 0 radical (unpaired) electrons. The molecule has 1 aliphatic rings. The van der Waals surface area contributed by atoms with Crippen molar-refractivity contribution in [2.75, 3.05) is 39.9 Å². The largest absolute Gasteiger partial charge is 0.385 e. The van der Waals surface area contributed by atoms with Crippen molar-refractivity contribution in [2.24, 2.45) is 11.8 Å². The second-order valence-electron chi connectivity index (χ2n) is 5.65. The van der Waals surface area contributed by atoms with Gasteiger partial charge in [0.05, 0.1) is 5.92 Å². The molecular weight excluding hydrogens is 228 g/mol. The first-order chi connectivity index (χ1) is 8.63. The van der Waals surface area contributed by atoms with Crippen molar-refractivity contribution in [3.63, 3.8) is 0 Å². The van der Waals surface area contributed by atoms with Crippen molar-refractivity contribution >= 4 is 5.91 Å². The Balaban J connectivity index is 0.00000324. The van der Waals surface area contributed by atoms with Gasteiger partial charge in [0.15, 0.2) is 0 Å². The molecule has 1 N–H and O–H groups in total. The van der Waals surface area contributed by atoms with E-state index in [0.29, 0.717) is 5.92 Å². The molecule has 1 fully saturated rings. The highest BCUT2D eigenvalue weighted by Crippen LogP contribution is 2.16. The molecular formula is C14H30N2O2. The van der Waals surface area contributed by atoms with Crippen LogP contribution in [0.2, 0.25) is 0 Å². The van der Waals surface area contributed by atoms with Gasteiger partial charge in [0.1, 0.15) is 0 Å². The molecule has 1 aliphatic heterocycles. The first kappa shape index (κ1) is 15.4. The van der Waals surface area contributed by atoms with Crippen LogP contribution in [0.4, 0.5) is 0 Å². The van der Waals surface area contributed by atoms with Gasteiger partial charge in [-0.3, -0.25) is 4.79 Å². The molecule has 0 aromatic heterocycles. The highest BCUT2D eigenvalue weighted by molar-refractivity contribution is 5.79. The van der Waals surface area contributed by atoms with Gasteiger partial charge in [-0.25, -0.2) is 0 Å². The summed E-state index contributed by atoms with van der Waals surface area (Å²) in [4.78, 5) is 14.1. The van der Waals surface area contributed by atoms with Crippen LogP contribution in [0.25, 0.3) is 0 Å². The molecule has 18 heavy (non-hydrogen) atoms. The van der Waals surface area contributed by atoms with E-state index in [1.807, 2.05) is 0 Å². The third kappa shape index (κ3) is 5.83. The van der Waals surface area contributed by atoms with Crippen molar-refractivity contribution in [1.29, 1.82) is 0 Å². The maximum Gasteiger partial charge on any atom is 0.225 e. The number of nitrogens with one attached hydrogen (secondary N) is 1. The maximum absolute atomic E-state index is 11.8. The summed E-state index contributed by atoms with van der Waals surface area (Å²) in [6.45, 7) is 9.05. The fourth-order valence-electron chi connectivity index (χ4n) is 2.31. The van der Waals surface area contributed by atoms with Gasteiger partial charge in [-0.1, -0.05) is 13.8 Å². The molecule has 0 aliphatic carbocycles. The molecule has 1 heterocycles. The Morgan fingerprint density at radius 3 is 2.72 bits per heavy atom. The minimum Gasteiger partial charge on any atom is -0.385 e. The lowest BCUT2D eigenvalue weighted by Crippen LogP contribution is -2.54. The highest BCUT2D eigenvalue weighted by atomic mass is 16.5. The molecule has 0 atom stereocenters. The number of rotatable bonds is 9. The van der Waals surface area contributed by atoms with Crippen LogP contribution in [0.1, 0.15) is 34.5 Å². The Bertz CT molecular complexity index is 244. The number of hydrogen-bond acceptors (Lipinski definition) is 3. The SMILES string of the molecule is COCCCCCNC(=O)C1CN(CC(C)C)C1.[HH]. The number of methoxy groups -OCH3 is 1. The fraction of sp³-hybridized carbons (Fsp3) is 0.929. The second kappa shape index (κ2) is 8.48. The zero-order valence-corrected chi connectivity index (χ0v) is 12.1. The molecule has 0 aromatic rings. The van der Waals surface area contributed by atoms with Crippen molar-refractivity contribution in [3.05, 3.63) is 0 Å². The molecule has 108 valence electrons. The van der Waals surface area contributed by atoms with Gasteiger partial charge in [-0.2, -0.15) is 0 Å². The van der Waals surface area contributed by atoms with Crippen LogP contribution in [0, 0.1) is 11.8 Å². The van der Waals surface area contributed by atoms with Crippen molar-refractivity contribution in [1.82, 2.24) is 10.2 Å². The van der Waals surface area contributed by atoms with Gasteiger partial charge in [0.25, 0.3) is 0 Å². The van der Waals surface area contributed by atoms with E-state index < -0.39 is 0 Å². The van der Waals surface area contributed by atoms with Gasteiger partial charge in [-0.15, -0.1) is 0 Å². The molecule has 1 rings (SSSR count). The number of carbonyl (C=O) groups is 1. The lowest BCUT2D eigenvalue weighted by molar-refractivity contribution is -0.130. The summed E-state index contributed by atoms with van der Waals surface area (Å²) in [5.41, 5.74) is 0. The summed E-state index contributed by atoms with van der Waals surface area (Å²) in [6, 6.07) is 0. The minimum atomic E-state index is 0. The Morgan fingerprint density at radius 1 is 1.39 bits per heavy atom. The summed E-state index contributed by atoms with van der Waals surface area (Å²) in [7, 11) is 1.72. The monoisotopic (exact) mass is 258 g/mol. The Labute approximate surface area is 113 Å². The lowest BCUT2D eigenvalue weighted by atomic mass is 9.97. The van der Waals surface area contributed by atoms with Gasteiger partial charge in [-0.05, 0) is 25.2 Å². The van der Waals surface area contributed by atoms with Crippen LogP contribution in [-0.4, -0.2) is 50.7 Å². The molecule has 0 saturated carbocycles. The van der Waals surface area contributed by atoms with Crippen LogP contribution in [-0.2, 0) is 9.53 Å². The van der Waals surface area contributed by atoms with Crippen LogP contribution in [0.3, 0.4) is 0 Å². The van der Waals surface area contributed by atoms with Crippen molar-refractivity contribution in [3.8, 4) is 0 Å². The Hall–Kier alpha value is -0.610. The first-order valence-electron chi connectivity index (χ1n) is 7.12. The molecule has 4 nitrogen and oxygen atoms in total. The zero-order valence-electron chi connectivity index (χ0n) is 12.1. The average Bonchev–Trinajstić information content (AvgIpc) is 2.27. The number of hydrogen-bond donors (Lipinski definition) is 1. The lowest BCUT2D eigenvalue weighted by Gasteiger charge is -2.39. The average molecular weight is 258 g/mol. The van der Waals surface area contributed by atoms with E-state index in [2.05, 4.69) is 24.1 Å². The summed E-state index contributed by atoms with van der Waals surface area (Å²) in [5.74, 6) is 1.15. The summed E-state index contributed by atoms with van der Waals surface area (Å²) in [5, 5.41) is 3.03. The van der Waals surface area contributed by atoms with E-state index in [9.17, 15) is 4.79 Å². The Morgan fingerprint density at radius 2 is 2.11 bits per heavy atom. The van der Waals surface area contributed by atoms with Crippen LogP contribution < -0.4 is 5.32 Å². The fourth-order valence-corrected chi connectivity index (χ4v) is 2.31. The molecule has 1 amide bonds. The van der Waals surface area contributed by atoms with Crippen molar-refractivity contribution < 1.29 is 11.0 Å². The number of carbonyl (C=O) groups excluding carboxylic acids is 1. The van der Waals surface area contributed by atoms with Gasteiger partial charge in [0.2, 0.25) is 5.91 Å². The molecule has 0 aromatic carbocycles. The predicted octanol–water partition coefficient (Wildman–Crippen LogP) is 1.75. The van der Waals surface area contributed by atoms with E-state index in [-0.39, 0.29) is 13.3 Å². The third-order valence-corrected chi connectivity index (χ3v) is 3.28. The van der Waals surface area contributed by atoms with Crippen LogP contribution >= 0.6 is 0 Å². The van der Waals surface area contributed by atoms with Gasteiger partial charge in [0, 0.05) is 41.3 Å². The standard InChI is InChI=1S/C14H28N2O2.H2/c1-12(2)9-16-10-13(11-16)14(17)15-7-5-4-6-8-18-3;/h12-13H,4-11H2,1-3H3,(H,15,17);1H. The van der Waals surface area contributed by atoms with E-state index in [0.717, 1.165) is 52.0 Å². The summed E-state index contributed by atoms with van der Waals surface area (Å²) >= 11 is 0. The third-order valence-electron chi connectivity index (χ3n) is 3.28. The van der Waals surface area contributed by atoms with E-state index in [1.54, 1.807) is 7.11 Å². The van der Waals surface area contributed by atoms with Crippen LogP contribution in [0.5, 0.6) is 0 Å². The normalized spacial score (nSPS) is 16.9. The quantitative estimate of drug-likeness (QED) is 0.641. The van der Waals surface area contributed by atoms with E-state index in [4.69, 9.17) is 4.74 Å². The molecule has 0 spiro atoms. The first-order valence-corrected chi connectivity index (χ1v) is 7.12. The van der Waals surface area contributed by atoms with E-state index >= 15 is 0 Å². The molecule has 0 bridgehead atoms. The minimum absolute atomic E-state index is 0. The Kier molecular flexibility index (Phi) is 7.28. The predicted molar refractivity (Wildman–Crippen MR) is 75.6 cm³/mol. The molecule has 4 heteroatoms. The van der Waals surface area contributed by atoms with Gasteiger partial charge >= 0.3 is 0 Å². The molecule has 1 saturated heterocycles. The molecule has 0 unspecified atom stereocenters. The second-order valence-corrected chi connectivity index (χ2v) is 5.65. The summed E-state index contributed by atoms with van der Waals surface area (Å²) < 4.78 is 4.98. The number of unbranched alkanes of at least 4 members (excludes halogenated alkanes) is 2. The highest BCUT2D eigenvalue weighted by Gasteiger charge is 2.32. The maximum atomic E-state index is 11.8. The van der Waals surface area contributed by atoms with Crippen LogP contribution in [0.15, 0.2) is 0 Å². The van der Waals surface area contributed by atoms with Crippen molar-refractivity contribution in [2.45, 2.75) is 33.1 Å². The van der Waals surface area contributed by atoms with Gasteiger partial charge < -0.3 is 15.0 Å². The topological polar surface area (TPSA) is 41.6 Å². The smallest absolute Gasteiger partial charge is 0.225 e. The number of amides is 1. The zero-order chi connectivity index (χ0) is 13.4. The number of nitrogens with zero attached hydrogens (tertiary/aromatic N) is 1. The number of likely N-dealkylation sites (tertiary alicyclic amines) is 1. The summed E-state index contributed by atoms with van der Waals surface area (Å²) in [6.07, 6.45) is 3.26. The number of ether oxygens (including phenoxy) is 1.